The van der Waals surface area contributed by atoms with E-state index >= 15 is 0 Å². The summed E-state index contributed by atoms with van der Waals surface area (Å²) >= 11 is 0. The van der Waals surface area contributed by atoms with E-state index in [1.165, 1.54) is 6.07 Å². The minimum absolute atomic E-state index is 0.0615. The normalized spacial score (nSPS) is 11.2. The topological polar surface area (TPSA) is 240 Å². The smallest absolute Gasteiger partial charge is 0.253 e. The number of aromatic nitrogens is 9. The molecule has 0 unspecified atom stereocenters. The maximum atomic E-state index is 14.2. The molecule has 0 saturated carbocycles. The van der Waals surface area contributed by atoms with Crippen LogP contribution in [0, 0.1) is 13.8 Å². The van der Waals surface area contributed by atoms with Crippen molar-refractivity contribution in [1.82, 2.24) is 43.6 Å². The Hall–Kier alpha value is -7.11. The molecule has 62 heavy (non-hydrogen) atoms. The molecule has 0 spiro atoms. The number of pyridine rings is 3. The fourth-order valence-corrected chi connectivity index (χ4v) is 7.21. The molecule has 6 aromatic heterocycles. The molecule has 0 radical (unpaired) electrons. The molecule has 0 bridgehead atoms. The van der Waals surface area contributed by atoms with Gasteiger partial charge in [-0.2, -0.15) is 15.0 Å². The number of nitrogens with two attached hydrogens (primary N) is 3. The Morgan fingerprint density at radius 1 is 0.645 bits per heavy atom. The number of aryl methyl sites for hydroxylation is 2. The van der Waals surface area contributed by atoms with Gasteiger partial charge in [0.1, 0.15) is 17.5 Å². The van der Waals surface area contributed by atoms with Gasteiger partial charge in [-0.05, 0) is 50.8 Å². The lowest BCUT2D eigenvalue weighted by molar-refractivity contribution is 0.708. The summed E-state index contributed by atoms with van der Waals surface area (Å²) in [5.41, 5.74) is 22.5. The standard InChI is InChI=1S/C44H57N15O3/c1-6-9-15-48-39-31(22-49-42(45)52-39)26-56-25-29(4)35(21-37(56)61)58(18-11-8-3)41-33(24-51-44(47)54-41)28-59-30(5)19-34(20-38(59)62)57(17-10-7-2)40-32(23-50-43(46)53-40)27-55-16-13-12-14-36(55)60/h12-14,16,19-25H,6-11,15,17-18,26-28H2,1-5H3,(H2,46,50,53)(H2,47,51,54)(H3,45,48,49,52). The number of unbranched alkanes of at least 4 members (excludes halogenated alkanes) is 3. The van der Waals surface area contributed by atoms with E-state index in [1.807, 2.05) is 35.9 Å². The number of nitrogens with one attached hydrogen (secondary N) is 1. The van der Waals surface area contributed by atoms with Gasteiger partial charge in [0.15, 0.2) is 0 Å². The molecule has 0 saturated heterocycles. The number of hydrogen-bond donors (Lipinski definition) is 4. The van der Waals surface area contributed by atoms with Crippen molar-refractivity contribution in [2.75, 3.05) is 52.0 Å². The molecule has 0 aliphatic heterocycles. The highest BCUT2D eigenvalue weighted by Crippen LogP contribution is 2.32. The van der Waals surface area contributed by atoms with Gasteiger partial charge < -0.3 is 46.0 Å². The summed E-state index contributed by atoms with van der Waals surface area (Å²) in [6.07, 6.45) is 13.8. The zero-order chi connectivity index (χ0) is 44.3. The van der Waals surface area contributed by atoms with Gasteiger partial charge in [-0.25, -0.2) is 15.0 Å². The van der Waals surface area contributed by atoms with Crippen LogP contribution in [0.1, 0.15) is 87.2 Å². The average Bonchev–Trinajstić information content (AvgIpc) is 3.24. The third-order valence-electron chi connectivity index (χ3n) is 10.5. The molecule has 0 atom stereocenters. The Morgan fingerprint density at radius 2 is 1.24 bits per heavy atom. The summed E-state index contributed by atoms with van der Waals surface area (Å²) in [6.45, 7) is 12.5. The molecule has 326 valence electrons. The molecule has 18 nitrogen and oxygen atoms in total. The minimum atomic E-state index is -0.263. The van der Waals surface area contributed by atoms with E-state index in [-0.39, 0.29) is 54.2 Å². The number of nitrogens with zero attached hydrogens (tertiary/aromatic N) is 11. The van der Waals surface area contributed by atoms with E-state index in [0.717, 1.165) is 56.2 Å². The largest absolute Gasteiger partial charge is 0.370 e. The Morgan fingerprint density at radius 3 is 1.89 bits per heavy atom. The predicted octanol–water partition coefficient (Wildman–Crippen LogP) is 5.14. The molecule has 0 amide bonds. The van der Waals surface area contributed by atoms with Crippen molar-refractivity contribution >= 4 is 46.7 Å². The second kappa shape index (κ2) is 20.4. The highest BCUT2D eigenvalue weighted by Gasteiger charge is 2.23. The van der Waals surface area contributed by atoms with Crippen molar-refractivity contribution in [2.24, 2.45) is 0 Å². The van der Waals surface area contributed by atoms with Gasteiger partial charge in [0.05, 0.1) is 25.3 Å². The van der Waals surface area contributed by atoms with E-state index in [1.54, 1.807) is 62.8 Å². The maximum Gasteiger partial charge on any atom is 0.253 e. The van der Waals surface area contributed by atoms with Gasteiger partial charge in [0, 0.05) is 96.9 Å². The minimum Gasteiger partial charge on any atom is -0.370 e. The van der Waals surface area contributed by atoms with Crippen LogP contribution in [-0.4, -0.2) is 63.2 Å². The Balaban J connectivity index is 1.35. The van der Waals surface area contributed by atoms with Crippen LogP contribution < -0.4 is 49.0 Å². The van der Waals surface area contributed by atoms with Crippen molar-refractivity contribution in [3.63, 3.8) is 0 Å². The molecular weight excluding hydrogens is 787 g/mol. The van der Waals surface area contributed by atoms with Crippen molar-refractivity contribution in [3.05, 3.63) is 126 Å². The van der Waals surface area contributed by atoms with E-state index in [4.69, 9.17) is 22.2 Å². The highest BCUT2D eigenvalue weighted by atomic mass is 16.1. The maximum absolute atomic E-state index is 14.2. The first-order valence-corrected chi connectivity index (χ1v) is 21.1. The SMILES string of the molecule is CCCCNc1nc(N)ncc1Cn1cc(C)c(N(CCCC)c2nc(N)ncc2Cn2c(C)cc(N(CCCC)c3nc(N)ncc3Cn3ccccc3=O)cc2=O)cc1=O. The van der Waals surface area contributed by atoms with Crippen LogP contribution in [0.4, 0.5) is 46.7 Å². The first-order valence-electron chi connectivity index (χ1n) is 21.1. The fraction of sp³-hybridized carbons (Fsp3) is 0.386. The van der Waals surface area contributed by atoms with Gasteiger partial charge in [-0.3, -0.25) is 14.4 Å². The van der Waals surface area contributed by atoms with Crippen molar-refractivity contribution < 1.29 is 0 Å². The molecular formula is C44H57N15O3. The lowest BCUT2D eigenvalue weighted by atomic mass is 10.1. The summed E-state index contributed by atoms with van der Waals surface area (Å²) < 4.78 is 4.85. The van der Waals surface area contributed by atoms with Gasteiger partial charge in [0.25, 0.3) is 16.7 Å². The van der Waals surface area contributed by atoms with Crippen molar-refractivity contribution in [1.29, 1.82) is 0 Å². The van der Waals surface area contributed by atoms with E-state index in [0.29, 0.717) is 58.7 Å². The third-order valence-corrected chi connectivity index (χ3v) is 10.5. The monoisotopic (exact) mass is 843 g/mol. The van der Waals surface area contributed by atoms with Crippen LogP contribution in [0.25, 0.3) is 0 Å². The van der Waals surface area contributed by atoms with E-state index in [9.17, 15) is 14.4 Å². The number of rotatable bonds is 20. The van der Waals surface area contributed by atoms with Gasteiger partial charge >= 0.3 is 0 Å². The van der Waals surface area contributed by atoms with Crippen LogP contribution in [0.15, 0.2) is 81.8 Å². The molecule has 18 heteroatoms. The van der Waals surface area contributed by atoms with Gasteiger partial charge in [-0.1, -0.05) is 46.1 Å². The molecule has 6 rings (SSSR count). The van der Waals surface area contributed by atoms with Crippen molar-refractivity contribution in [3.8, 4) is 0 Å². The summed E-state index contributed by atoms with van der Waals surface area (Å²) in [4.78, 5) is 71.3. The molecule has 6 heterocycles. The first kappa shape index (κ1) is 44.4. The van der Waals surface area contributed by atoms with Crippen molar-refractivity contribution in [2.45, 2.75) is 92.8 Å². The molecule has 0 fully saturated rings. The van der Waals surface area contributed by atoms with Crippen LogP contribution in [0.3, 0.4) is 0 Å². The number of nitrogen functional groups attached to an aromatic ring is 3. The molecule has 7 N–H and O–H groups in total. The van der Waals surface area contributed by atoms with E-state index < -0.39 is 0 Å². The van der Waals surface area contributed by atoms with Crippen LogP contribution in [-0.2, 0) is 19.6 Å². The number of anilines is 8. The first-order chi connectivity index (χ1) is 29.9. The lowest BCUT2D eigenvalue weighted by Crippen LogP contribution is -2.30. The molecule has 6 aromatic rings. The summed E-state index contributed by atoms with van der Waals surface area (Å²) in [5, 5.41) is 3.33. The van der Waals surface area contributed by atoms with E-state index in [2.05, 4.69) is 51.0 Å². The summed E-state index contributed by atoms with van der Waals surface area (Å²) in [6, 6.07) is 10.1. The Kier molecular flexibility index (Phi) is 14.6. The molecule has 0 aliphatic rings. The van der Waals surface area contributed by atoms with Crippen LogP contribution >= 0.6 is 0 Å². The Bertz CT molecular complexity index is 2680. The summed E-state index contributed by atoms with van der Waals surface area (Å²) in [7, 11) is 0. The third kappa shape index (κ3) is 10.6. The lowest BCUT2D eigenvalue weighted by Gasteiger charge is -2.29. The highest BCUT2D eigenvalue weighted by molar-refractivity contribution is 5.67. The number of hydrogen-bond acceptors (Lipinski definition) is 15. The molecule has 0 aliphatic carbocycles. The second-order valence-corrected chi connectivity index (χ2v) is 15.3. The van der Waals surface area contributed by atoms with Crippen LogP contribution in [0.5, 0.6) is 0 Å². The Labute approximate surface area is 360 Å². The molecule has 0 aromatic carbocycles. The predicted molar refractivity (Wildman–Crippen MR) is 245 cm³/mol. The quantitative estimate of drug-likeness (QED) is 0.0728. The van der Waals surface area contributed by atoms with Crippen LogP contribution in [0.2, 0.25) is 0 Å². The second-order valence-electron chi connectivity index (χ2n) is 15.3. The fourth-order valence-electron chi connectivity index (χ4n) is 7.21. The van der Waals surface area contributed by atoms with Gasteiger partial charge in [0.2, 0.25) is 17.8 Å². The zero-order valence-corrected chi connectivity index (χ0v) is 36.2. The average molecular weight is 844 g/mol. The van der Waals surface area contributed by atoms with Gasteiger partial charge in [-0.15, -0.1) is 0 Å². The zero-order valence-electron chi connectivity index (χ0n) is 36.2. The summed E-state index contributed by atoms with van der Waals surface area (Å²) in [5.74, 6) is 1.90.